The summed E-state index contributed by atoms with van der Waals surface area (Å²) in [7, 11) is 0. The van der Waals surface area contributed by atoms with Gasteiger partial charge >= 0.3 is 0 Å². The van der Waals surface area contributed by atoms with Gasteiger partial charge in [-0.25, -0.2) is 0 Å². The smallest absolute Gasteiger partial charge is 0.0831 e. The van der Waals surface area contributed by atoms with Crippen molar-refractivity contribution in [3.05, 3.63) is 0 Å². The Kier molecular flexibility index (Phi) is 14.7. The molecule has 0 amide bonds. The van der Waals surface area contributed by atoms with Gasteiger partial charge in [-0.3, -0.25) is 0 Å². The molecule has 0 aromatic carbocycles. The number of rotatable bonds is 5. The largest absolute Gasteiger partial charge is 0.162 e. The van der Waals surface area contributed by atoms with Crippen molar-refractivity contribution in [2.45, 2.75) is 25.3 Å². The van der Waals surface area contributed by atoms with Gasteiger partial charge in [-0.05, 0) is 0 Å². The molecule has 0 aliphatic carbocycles. The van der Waals surface area contributed by atoms with Crippen LogP contribution < -0.4 is 0 Å². The third-order valence-electron chi connectivity index (χ3n) is 2.56. The van der Waals surface area contributed by atoms with Crippen molar-refractivity contribution in [2.24, 2.45) is 0 Å². The van der Waals surface area contributed by atoms with Gasteiger partial charge in [0.25, 0.3) is 0 Å². The van der Waals surface area contributed by atoms with Crippen molar-refractivity contribution >= 4 is 271 Å². The maximum absolute atomic E-state index is 3.80. The van der Waals surface area contributed by atoms with Gasteiger partial charge in [-0.15, -0.1) is 0 Å². The van der Waals surface area contributed by atoms with Gasteiger partial charge in [0, 0.05) is 0 Å². The predicted molar refractivity (Wildman–Crippen MR) is 175 cm³/mol. The van der Waals surface area contributed by atoms with E-state index in [9.17, 15) is 0 Å². The molecule has 152 valence electrons. The van der Waals surface area contributed by atoms with Crippen LogP contribution in [-0.4, -0.2) is 25.3 Å². The summed E-state index contributed by atoms with van der Waals surface area (Å²) in [5, 5.41) is 0. The van der Waals surface area contributed by atoms with Crippen LogP contribution in [0.25, 0.3) is 0 Å². The molecule has 1 atom stereocenters. The van der Waals surface area contributed by atoms with Crippen molar-refractivity contribution in [2.75, 3.05) is 0 Å². The summed E-state index contributed by atoms with van der Waals surface area (Å²) in [6, 6.07) is 0. The van der Waals surface area contributed by atoms with Crippen LogP contribution in [0.3, 0.4) is 0 Å². The monoisotopic (exact) mass is 1440 g/mol. The molecule has 25 heavy (non-hydrogen) atoms. The number of halogens is 17. The molecule has 0 rings (SSSR count). The molecular formula is C8HBr17. The van der Waals surface area contributed by atoms with E-state index in [4.69, 9.17) is 0 Å². The van der Waals surface area contributed by atoms with Crippen LogP contribution in [0.1, 0.15) is 0 Å². The lowest BCUT2D eigenvalue weighted by Crippen LogP contribution is -2.65. The second-order valence-corrected chi connectivity index (χ2v) is 36.3. The number of hydrogen-bond donors (Lipinski definition) is 0. The average Bonchev–Trinajstić information content (AvgIpc) is 2.34. The Bertz CT molecular complexity index is 478. The molecule has 0 radical (unpaired) electrons. The highest BCUT2D eigenvalue weighted by Gasteiger charge is 2.74. The second-order valence-electron chi connectivity index (χ2n) is 4.32. The summed E-state index contributed by atoms with van der Waals surface area (Å²) in [5.41, 5.74) is 0. The summed E-state index contributed by atoms with van der Waals surface area (Å²) in [4.78, 5) is -0.238. The maximum Gasteiger partial charge on any atom is 0.162 e. The van der Waals surface area contributed by atoms with E-state index in [1.807, 2.05) is 0 Å². The first-order valence-electron chi connectivity index (χ1n) is 5.07. The van der Waals surface area contributed by atoms with Crippen LogP contribution in [0.15, 0.2) is 0 Å². The maximum atomic E-state index is 3.80. The quantitative estimate of drug-likeness (QED) is 0.241. The molecule has 0 aliphatic rings. The van der Waals surface area contributed by atoms with Crippen LogP contribution in [0, 0.1) is 0 Å². The molecule has 0 saturated heterocycles. The van der Waals surface area contributed by atoms with Gasteiger partial charge in [0.2, 0.25) is 0 Å². The van der Waals surface area contributed by atoms with Gasteiger partial charge in [0.05, 0.1) is 4.83 Å². The van der Waals surface area contributed by atoms with Gasteiger partial charge in [-0.1, -0.05) is 271 Å². The van der Waals surface area contributed by atoms with E-state index in [1.165, 1.54) is 0 Å². The lowest BCUT2D eigenvalue weighted by molar-refractivity contribution is 0.616. The Morgan fingerprint density at radius 1 is 0.400 bits per heavy atom. The molecule has 0 aromatic heterocycles. The highest BCUT2D eigenvalue weighted by atomic mass is 80.0. The van der Waals surface area contributed by atoms with Gasteiger partial charge in [-0.2, -0.15) is 0 Å². The molecule has 0 fully saturated rings. The van der Waals surface area contributed by atoms with Gasteiger partial charge in [0.15, 0.2) is 2.14 Å². The first-order chi connectivity index (χ1) is 10.4. The lowest BCUT2D eigenvalue weighted by atomic mass is 10.1. The molecule has 17 heteroatoms. The SMILES string of the molecule is BrC(C(Br)(Br)Br)C(Br)(Br)C(Br)(Br)C(Br)(Br)C(Br)(Br)C(Br)(Br)C(Br)(Br)Br. The summed E-state index contributed by atoms with van der Waals surface area (Å²) < 4.78 is -5.66. The minimum atomic E-state index is -0.912. The van der Waals surface area contributed by atoms with Crippen molar-refractivity contribution < 1.29 is 0 Å². The molecule has 0 spiro atoms. The van der Waals surface area contributed by atoms with Crippen molar-refractivity contribution in [3.8, 4) is 0 Å². The Balaban J connectivity index is 6.40. The van der Waals surface area contributed by atoms with Gasteiger partial charge < -0.3 is 0 Å². The molecule has 0 aromatic rings. The fraction of sp³-hybridized carbons (Fsp3) is 1.00. The first kappa shape index (κ1) is 33.2. The zero-order chi connectivity index (χ0) is 21.1. The van der Waals surface area contributed by atoms with Crippen molar-refractivity contribution in [1.82, 2.24) is 0 Å². The second kappa shape index (κ2) is 11.0. The topological polar surface area (TPSA) is 0 Å². The van der Waals surface area contributed by atoms with E-state index in [0.29, 0.717) is 0 Å². The zero-order valence-corrected chi connectivity index (χ0v) is 37.5. The third-order valence-corrected chi connectivity index (χ3v) is 33.6. The highest BCUT2D eigenvalue weighted by Crippen LogP contribution is 2.75. The Labute approximate surface area is 289 Å². The van der Waals surface area contributed by atoms with E-state index in [-0.39, 0.29) is 4.83 Å². The van der Waals surface area contributed by atoms with Crippen LogP contribution in [0.2, 0.25) is 0 Å². The van der Waals surface area contributed by atoms with E-state index < -0.39 is 20.5 Å². The standard InChI is InChI=1S/C8HBr17/c9-1(3(12,13)14)2(10,11)4(15,16)5(17,18)6(19,20)7(21,22)8(23,24)25/h1H. The first-order valence-corrected chi connectivity index (χ1v) is 18.7. The minimum absolute atomic E-state index is 0.238. The van der Waals surface area contributed by atoms with E-state index in [0.717, 1.165) is 0 Å². The van der Waals surface area contributed by atoms with Crippen LogP contribution in [-0.2, 0) is 0 Å². The zero-order valence-electron chi connectivity index (χ0n) is 10.5. The molecular weight excluding hydrogens is 1450 g/mol. The molecule has 0 nitrogen and oxygen atoms in total. The molecule has 0 N–H and O–H groups in total. The summed E-state index contributed by atoms with van der Waals surface area (Å²) in [6.07, 6.45) is 0. The summed E-state index contributed by atoms with van der Waals surface area (Å²) >= 11 is 62.7. The van der Waals surface area contributed by atoms with Gasteiger partial charge in [0.1, 0.15) is 18.3 Å². The molecule has 0 aliphatic heterocycles. The summed E-state index contributed by atoms with van der Waals surface area (Å²) in [5.74, 6) is 0. The molecule has 0 bridgehead atoms. The molecule has 1 unspecified atom stereocenters. The minimum Gasteiger partial charge on any atom is -0.0831 e. The third kappa shape index (κ3) is 6.89. The van der Waals surface area contributed by atoms with E-state index in [2.05, 4.69) is 271 Å². The summed E-state index contributed by atoms with van der Waals surface area (Å²) in [6.45, 7) is 0. The van der Waals surface area contributed by atoms with E-state index in [1.54, 1.807) is 0 Å². The van der Waals surface area contributed by atoms with Crippen LogP contribution in [0.4, 0.5) is 0 Å². The number of hydrogen-bond acceptors (Lipinski definition) is 0. The predicted octanol–water partition coefficient (Wildman–Crippen LogP) is 12.9. The van der Waals surface area contributed by atoms with Crippen molar-refractivity contribution in [1.29, 1.82) is 0 Å². The Morgan fingerprint density at radius 3 is 0.920 bits per heavy atom. The van der Waals surface area contributed by atoms with Crippen LogP contribution >= 0.6 is 271 Å². The fourth-order valence-electron chi connectivity index (χ4n) is 1.15. The van der Waals surface area contributed by atoms with E-state index >= 15 is 0 Å². The lowest BCUT2D eigenvalue weighted by Gasteiger charge is -2.55. The average molecular weight is 1460 g/mol. The normalized spacial score (nSPS) is 17.6. The number of alkyl halides is 17. The molecule has 0 heterocycles. The Hall–Kier alpha value is 8.16. The van der Waals surface area contributed by atoms with Crippen LogP contribution in [0.5, 0.6) is 0 Å². The molecule has 0 saturated carbocycles. The van der Waals surface area contributed by atoms with Crippen molar-refractivity contribution in [3.63, 3.8) is 0 Å². The Morgan fingerprint density at radius 2 is 0.680 bits per heavy atom. The fourth-order valence-corrected chi connectivity index (χ4v) is 16.0. The highest BCUT2D eigenvalue weighted by molar-refractivity contribution is 9.42.